The number of nitrogens with zero attached hydrogens (tertiary/aromatic N) is 2. The highest BCUT2D eigenvalue weighted by Crippen LogP contribution is 2.38. The molecule has 1 fully saturated rings. The molecule has 1 aliphatic carbocycles. The first kappa shape index (κ1) is 14.4. The van der Waals surface area contributed by atoms with Gasteiger partial charge in [0.15, 0.2) is 0 Å². The number of thioether (sulfide) groups is 1. The number of hydrogen-bond acceptors (Lipinski definition) is 6. The summed E-state index contributed by atoms with van der Waals surface area (Å²) in [7, 11) is 0. The SMILES string of the molecule is CCSCCC(C)Nc1cc(NN)nc(C2CC2)n1. The monoisotopic (exact) mass is 281 g/mol. The van der Waals surface area contributed by atoms with Gasteiger partial charge in [-0.3, -0.25) is 0 Å². The molecule has 0 radical (unpaired) electrons. The van der Waals surface area contributed by atoms with Crippen molar-refractivity contribution in [2.75, 3.05) is 22.2 Å². The lowest BCUT2D eigenvalue weighted by molar-refractivity contribution is 0.762. The van der Waals surface area contributed by atoms with E-state index in [-0.39, 0.29) is 0 Å². The number of aromatic nitrogens is 2. The van der Waals surface area contributed by atoms with Crippen LogP contribution in [0, 0.1) is 0 Å². The van der Waals surface area contributed by atoms with Crippen LogP contribution in [-0.2, 0) is 0 Å². The largest absolute Gasteiger partial charge is 0.367 e. The third-order valence-electron chi connectivity index (χ3n) is 3.13. The predicted molar refractivity (Wildman–Crippen MR) is 82.5 cm³/mol. The lowest BCUT2D eigenvalue weighted by atomic mass is 10.2. The van der Waals surface area contributed by atoms with Crippen molar-refractivity contribution in [3.63, 3.8) is 0 Å². The number of hydrogen-bond donors (Lipinski definition) is 3. The topological polar surface area (TPSA) is 75.9 Å². The minimum absolute atomic E-state index is 0.409. The normalized spacial score (nSPS) is 16.2. The van der Waals surface area contributed by atoms with Crippen molar-refractivity contribution in [3.8, 4) is 0 Å². The molecule has 1 aromatic rings. The molecule has 6 heteroatoms. The lowest BCUT2D eigenvalue weighted by Gasteiger charge is -2.15. The maximum atomic E-state index is 5.47. The summed E-state index contributed by atoms with van der Waals surface area (Å²) in [6.07, 6.45) is 3.51. The second kappa shape index (κ2) is 6.96. The maximum Gasteiger partial charge on any atom is 0.145 e. The highest BCUT2D eigenvalue weighted by Gasteiger charge is 2.27. The van der Waals surface area contributed by atoms with Crippen molar-refractivity contribution in [2.24, 2.45) is 5.84 Å². The first-order valence-electron chi connectivity index (χ1n) is 6.92. The summed E-state index contributed by atoms with van der Waals surface area (Å²) in [5, 5.41) is 3.44. The Morgan fingerprint density at radius 1 is 1.42 bits per heavy atom. The molecule has 1 heterocycles. The number of anilines is 2. The smallest absolute Gasteiger partial charge is 0.145 e. The number of nitrogen functional groups attached to an aromatic ring is 1. The van der Waals surface area contributed by atoms with Crippen LogP contribution in [0.3, 0.4) is 0 Å². The van der Waals surface area contributed by atoms with E-state index in [1.165, 1.54) is 24.3 Å². The van der Waals surface area contributed by atoms with Gasteiger partial charge < -0.3 is 10.7 Å². The van der Waals surface area contributed by atoms with Crippen molar-refractivity contribution in [2.45, 2.75) is 45.1 Å². The van der Waals surface area contributed by atoms with Gasteiger partial charge in [-0.2, -0.15) is 11.8 Å². The van der Waals surface area contributed by atoms with Gasteiger partial charge in [0.05, 0.1) is 0 Å². The van der Waals surface area contributed by atoms with E-state index in [4.69, 9.17) is 5.84 Å². The van der Waals surface area contributed by atoms with Crippen LogP contribution >= 0.6 is 11.8 Å². The molecule has 2 rings (SSSR count). The minimum atomic E-state index is 0.409. The molecule has 106 valence electrons. The molecule has 1 atom stereocenters. The van der Waals surface area contributed by atoms with Crippen molar-refractivity contribution < 1.29 is 0 Å². The average molecular weight is 281 g/mol. The van der Waals surface area contributed by atoms with E-state index in [9.17, 15) is 0 Å². The number of hydrazine groups is 1. The number of nitrogens with two attached hydrogens (primary N) is 1. The minimum Gasteiger partial charge on any atom is -0.367 e. The zero-order chi connectivity index (χ0) is 13.7. The fourth-order valence-electron chi connectivity index (χ4n) is 1.87. The van der Waals surface area contributed by atoms with Crippen molar-refractivity contribution in [1.82, 2.24) is 9.97 Å². The van der Waals surface area contributed by atoms with Crippen LogP contribution in [0.4, 0.5) is 11.6 Å². The van der Waals surface area contributed by atoms with Crippen LogP contribution in [0.2, 0.25) is 0 Å². The molecule has 0 aromatic carbocycles. The summed E-state index contributed by atoms with van der Waals surface area (Å²) in [6.45, 7) is 4.37. The molecule has 0 spiro atoms. The Hall–Kier alpha value is -1.01. The van der Waals surface area contributed by atoms with Gasteiger partial charge in [-0.25, -0.2) is 15.8 Å². The van der Waals surface area contributed by atoms with Crippen molar-refractivity contribution >= 4 is 23.4 Å². The lowest BCUT2D eigenvalue weighted by Crippen LogP contribution is -2.18. The summed E-state index contributed by atoms with van der Waals surface area (Å²) < 4.78 is 0. The molecule has 19 heavy (non-hydrogen) atoms. The molecule has 0 bridgehead atoms. The summed E-state index contributed by atoms with van der Waals surface area (Å²) in [4.78, 5) is 8.99. The third kappa shape index (κ3) is 4.54. The standard InChI is InChI=1S/C13H23N5S/c1-3-19-7-6-9(2)15-11-8-12(18-14)17-13(16-11)10-4-5-10/h8-10H,3-7,14H2,1-2H3,(H2,15,16,17,18). The Morgan fingerprint density at radius 2 is 2.16 bits per heavy atom. The summed E-state index contributed by atoms with van der Waals surface area (Å²) >= 11 is 1.97. The average Bonchev–Trinajstić information content (AvgIpc) is 3.23. The number of rotatable bonds is 8. The van der Waals surface area contributed by atoms with Crippen LogP contribution < -0.4 is 16.6 Å². The molecule has 1 saturated carbocycles. The molecule has 0 amide bonds. The molecule has 0 saturated heterocycles. The van der Waals surface area contributed by atoms with Gasteiger partial charge in [0.25, 0.3) is 0 Å². The van der Waals surface area contributed by atoms with Gasteiger partial charge in [0.1, 0.15) is 17.5 Å². The van der Waals surface area contributed by atoms with E-state index >= 15 is 0 Å². The quantitative estimate of drug-likeness (QED) is 0.386. The summed E-state index contributed by atoms with van der Waals surface area (Å²) in [6, 6.07) is 2.28. The number of nitrogens with one attached hydrogen (secondary N) is 2. The van der Waals surface area contributed by atoms with Crippen LogP contribution in [0.25, 0.3) is 0 Å². The molecular weight excluding hydrogens is 258 g/mol. The molecule has 1 aliphatic rings. The van der Waals surface area contributed by atoms with Gasteiger partial charge in [-0.05, 0) is 37.7 Å². The van der Waals surface area contributed by atoms with Gasteiger partial charge >= 0.3 is 0 Å². The van der Waals surface area contributed by atoms with E-state index in [1.807, 2.05) is 17.8 Å². The Balaban J connectivity index is 1.96. The first-order valence-corrected chi connectivity index (χ1v) is 8.08. The Kier molecular flexibility index (Phi) is 5.27. The Labute approximate surface area is 119 Å². The molecular formula is C13H23N5S. The van der Waals surface area contributed by atoms with Crippen LogP contribution in [0.15, 0.2) is 6.07 Å². The van der Waals surface area contributed by atoms with Crippen LogP contribution in [0.1, 0.15) is 44.9 Å². The fraction of sp³-hybridized carbons (Fsp3) is 0.692. The van der Waals surface area contributed by atoms with Crippen molar-refractivity contribution in [3.05, 3.63) is 11.9 Å². The van der Waals surface area contributed by atoms with Gasteiger partial charge in [-0.15, -0.1) is 0 Å². The molecule has 1 unspecified atom stereocenters. The highest BCUT2D eigenvalue weighted by atomic mass is 32.2. The third-order valence-corrected chi connectivity index (χ3v) is 4.06. The van der Waals surface area contributed by atoms with Crippen LogP contribution in [0.5, 0.6) is 0 Å². The fourth-order valence-corrected chi connectivity index (χ4v) is 2.68. The van der Waals surface area contributed by atoms with E-state index in [1.54, 1.807) is 0 Å². The van der Waals surface area contributed by atoms with Crippen LogP contribution in [-0.4, -0.2) is 27.5 Å². The predicted octanol–water partition coefficient (Wildman–Crippen LogP) is 2.58. The Bertz CT molecular complexity index is 408. The van der Waals surface area contributed by atoms with E-state index < -0.39 is 0 Å². The van der Waals surface area contributed by atoms with Gasteiger partial charge in [0, 0.05) is 18.0 Å². The molecule has 0 aliphatic heterocycles. The second-order valence-electron chi connectivity index (χ2n) is 4.95. The zero-order valence-electron chi connectivity index (χ0n) is 11.6. The highest BCUT2D eigenvalue weighted by molar-refractivity contribution is 7.99. The van der Waals surface area contributed by atoms with E-state index in [2.05, 4.69) is 34.6 Å². The summed E-state index contributed by atoms with van der Waals surface area (Å²) in [5.74, 6) is 10.8. The molecule has 1 aromatic heterocycles. The first-order chi connectivity index (χ1) is 9.22. The Morgan fingerprint density at radius 3 is 2.79 bits per heavy atom. The zero-order valence-corrected chi connectivity index (χ0v) is 12.5. The van der Waals surface area contributed by atoms with E-state index in [0.29, 0.717) is 17.8 Å². The van der Waals surface area contributed by atoms with E-state index in [0.717, 1.165) is 18.1 Å². The second-order valence-corrected chi connectivity index (χ2v) is 6.34. The molecule has 4 N–H and O–H groups in total. The maximum absolute atomic E-state index is 5.47. The van der Waals surface area contributed by atoms with Gasteiger partial charge in [0.2, 0.25) is 0 Å². The summed E-state index contributed by atoms with van der Waals surface area (Å²) in [5.41, 5.74) is 2.62. The van der Waals surface area contributed by atoms with Gasteiger partial charge in [-0.1, -0.05) is 6.92 Å². The molecule has 5 nitrogen and oxygen atoms in total. The van der Waals surface area contributed by atoms with Crippen molar-refractivity contribution in [1.29, 1.82) is 0 Å².